The largest absolute Gasteiger partial charge is 0.369 e. The standard InChI is InChI=1S/C29H37N7O/c1-7-21-10-11-24-22(17-21)18-23(28(37)30-24)26(27-31-32-33-36(27)29(4,5)6)35-14-12-34(13-15-35)25-16-19(2)8-9-20(25)3/h8-11,16-18,26H,7,12-15H2,1-6H3,(H,30,37)/t26-/m0/s1. The predicted octanol–water partition coefficient (Wildman–Crippen LogP) is 4.36. The Hall–Kier alpha value is -3.52. The third-order valence-corrected chi connectivity index (χ3v) is 7.40. The number of fused-ring (bicyclic) bond motifs is 1. The molecule has 0 aliphatic carbocycles. The molecule has 8 heteroatoms. The number of tetrazole rings is 1. The summed E-state index contributed by atoms with van der Waals surface area (Å²) in [5.74, 6) is 0.698. The van der Waals surface area contributed by atoms with Gasteiger partial charge < -0.3 is 9.88 Å². The van der Waals surface area contributed by atoms with E-state index in [9.17, 15) is 4.79 Å². The number of H-pyrrole nitrogens is 1. The molecule has 3 heterocycles. The number of piperazine rings is 1. The fraction of sp³-hybridized carbons (Fsp3) is 0.448. The van der Waals surface area contributed by atoms with Gasteiger partial charge in [0.2, 0.25) is 0 Å². The highest BCUT2D eigenvalue weighted by molar-refractivity contribution is 5.80. The number of aryl methyl sites for hydroxylation is 3. The topological polar surface area (TPSA) is 82.9 Å². The van der Waals surface area contributed by atoms with Gasteiger partial charge in [-0.25, -0.2) is 4.68 Å². The summed E-state index contributed by atoms with van der Waals surface area (Å²) in [6.07, 6.45) is 0.941. The van der Waals surface area contributed by atoms with Crippen molar-refractivity contribution in [3.63, 3.8) is 0 Å². The van der Waals surface area contributed by atoms with Crippen LogP contribution in [0.2, 0.25) is 0 Å². The highest BCUT2D eigenvalue weighted by Crippen LogP contribution is 2.31. The number of anilines is 1. The van der Waals surface area contributed by atoms with Gasteiger partial charge in [0.1, 0.15) is 6.04 Å². The monoisotopic (exact) mass is 499 g/mol. The number of pyridine rings is 1. The van der Waals surface area contributed by atoms with Gasteiger partial charge in [0.05, 0.1) is 5.54 Å². The van der Waals surface area contributed by atoms with Gasteiger partial charge in [0.15, 0.2) is 5.82 Å². The van der Waals surface area contributed by atoms with Crippen LogP contribution < -0.4 is 10.5 Å². The van der Waals surface area contributed by atoms with Crippen LogP contribution in [0.5, 0.6) is 0 Å². The van der Waals surface area contributed by atoms with Crippen molar-refractivity contribution in [2.24, 2.45) is 0 Å². The molecule has 4 aromatic rings. The van der Waals surface area contributed by atoms with E-state index in [0.717, 1.165) is 43.5 Å². The second kappa shape index (κ2) is 9.74. The number of rotatable bonds is 5. The lowest BCUT2D eigenvalue weighted by Crippen LogP contribution is -2.49. The van der Waals surface area contributed by atoms with Gasteiger partial charge in [-0.2, -0.15) is 0 Å². The summed E-state index contributed by atoms with van der Waals surface area (Å²) in [5, 5.41) is 13.9. The molecule has 194 valence electrons. The summed E-state index contributed by atoms with van der Waals surface area (Å²) < 4.78 is 1.86. The smallest absolute Gasteiger partial charge is 0.253 e. The van der Waals surface area contributed by atoms with E-state index in [2.05, 4.69) is 102 Å². The molecule has 2 aromatic carbocycles. The first-order valence-electron chi connectivity index (χ1n) is 13.2. The molecule has 5 rings (SSSR count). The molecule has 2 aromatic heterocycles. The lowest BCUT2D eigenvalue weighted by Gasteiger charge is -2.40. The van der Waals surface area contributed by atoms with Gasteiger partial charge in [0, 0.05) is 42.9 Å². The first kappa shape index (κ1) is 25.1. The lowest BCUT2D eigenvalue weighted by molar-refractivity contribution is 0.190. The molecule has 0 saturated carbocycles. The molecule has 1 aliphatic heterocycles. The Morgan fingerprint density at radius 3 is 2.46 bits per heavy atom. The van der Waals surface area contributed by atoms with Crippen molar-refractivity contribution in [2.45, 2.75) is 59.5 Å². The Labute approximate surface area is 218 Å². The van der Waals surface area contributed by atoms with E-state index in [-0.39, 0.29) is 17.1 Å². The second-order valence-corrected chi connectivity index (χ2v) is 11.2. The van der Waals surface area contributed by atoms with Crippen LogP contribution in [-0.2, 0) is 12.0 Å². The van der Waals surface area contributed by atoms with E-state index >= 15 is 0 Å². The number of benzene rings is 2. The average molecular weight is 500 g/mol. The number of hydrogen-bond acceptors (Lipinski definition) is 6. The Balaban J connectivity index is 1.56. The zero-order chi connectivity index (χ0) is 26.3. The van der Waals surface area contributed by atoms with Crippen molar-refractivity contribution in [3.05, 3.63) is 80.9 Å². The van der Waals surface area contributed by atoms with Crippen molar-refractivity contribution >= 4 is 16.6 Å². The Morgan fingerprint density at radius 1 is 1.00 bits per heavy atom. The highest BCUT2D eigenvalue weighted by atomic mass is 16.1. The molecule has 1 atom stereocenters. The maximum absolute atomic E-state index is 13.5. The van der Waals surface area contributed by atoms with Crippen LogP contribution in [0.4, 0.5) is 5.69 Å². The molecule has 8 nitrogen and oxygen atoms in total. The van der Waals surface area contributed by atoms with Crippen LogP contribution in [0.15, 0.2) is 47.3 Å². The third-order valence-electron chi connectivity index (χ3n) is 7.40. The molecule has 1 fully saturated rings. The maximum Gasteiger partial charge on any atom is 0.253 e. The number of aromatic amines is 1. The molecule has 1 N–H and O–H groups in total. The summed E-state index contributed by atoms with van der Waals surface area (Å²) >= 11 is 0. The summed E-state index contributed by atoms with van der Waals surface area (Å²) in [6.45, 7) is 16.0. The zero-order valence-electron chi connectivity index (χ0n) is 22.7. The molecule has 37 heavy (non-hydrogen) atoms. The molecule has 0 unspecified atom stereocenters. The van der Waals surface area contributed by atoms with Crippen molar-refractivity contribution in [3.8, 4) is 0 Å². The highest BCUT2D eigenvalue weighted by Gasteiger charge is 2.35. The summed E-state index contributed by atoms with van der Waals surface area (Å²) in [7, 11) is 0. The van der Waals surface area contributed by atoms with Crippen LogP contribution in [-0.4, -0.2) is 56.3 Å². The fourth-order valence-corrected chi connectivity index (χ4v) is 5.32. The first-order chi connectivity index (χ1) is 17.7. The minimum atomic E-state index is -0.353. The molecule has 0 spiro atoms. The molecule has 0 bridgehead atoms. The molecule has 1 aliphatic rings. The number of nitrogens with zero attached hydrogens (tertiary/aromatic N) is 6. The Kier molecular flexibility index (Phi) is 6.62. The summed E-state index contributed by atoms with van der Waals surface area (Å²) in [4.78, 5) is 21.5. The van der Waals surface area contributed by atoms with Crippen LogP contribution in [0.25, 0.3) is 10.9 Å². The van der Waals surface area contributed by atoms with E-state index < -0.39 is 0 Å². The normalized spacial score (nSPS) is 15.9. The third kappa shape index (κ3) is 4.90. The summed E-state index contributed by atoms with van der Waals surface area (Å²) in [5.41, 5.74) is 6.18. The predicted molar refractivity (Wildman–Crippen MR) is 148 cm³/mol. The van der Waals surface area contributed by atoms with Crippen molar-refractivity contribution in [2.75, 3.05) is 31.1 Å². The maximum atomic E-state index is 13.5. The zero-order valence-corrected chi connectivity index (χ0v) is 22.7. The van der Waals surface area contributed by atoms with E-state index in [1.807, 2.05) is 16.8 Å². The van der Waals surface area contributed by atoms with E-state index in [1.165, 1.54) is 22.4 Å². The van der Waals surface area contributed by atoms with E-state index in [0.29, 0.717) is 11.4 Å². The van der Waals surface area contributed by atoms with Crippen LogP contribution in [0, 0.1) is 13.8 Å². The summed E-state index contributed by atoms with van der Waals surface area (Å²) in [6, 6.07) is 14.5. The molecule has 0 amide bonds. The van der Waals surface area contributed by atoms with Gasteiger partial charge in [-0.15, -0.1) is 5.10 Å². The SMILES string of the molecule is CCc1ccc2[nH]c(=O)c([C@@H](c3nnnn3C(C)(C)C)N3CCN(c4cc(C)ccc4C)CC3)cc2c1. The molecular weight excluding hydrogens is 462 g/mol. The lowest BCUT2D eigenvalue weighted by atomic mass is 10.00. The van der Waals surface area contributed by atoms with Crippen molar-refractivity contribution < 1.29 is 0 Å². The van der Waals surface area contributed by atoms with Gasteiger partial charge in [-0.1, -0.05) is 25.1 Å². The van der Waals surface area contributed by atoms with Crippen molar-refractivity contribution in [1.82, 2.24) is 30.1 Å². The van der Waals surface area contributed by atoms with Gasteiger partial charge in [0.25, 0.3) is 5.56 Å². The van der Waals surface area contributed by atoms with Gasteiger partial charge in [-0.3, -0.25) is 9.69 Å². The van der Waals surface area contributed by atoms with Crippen LogP contribution >= 0.6 is 0 Å². The van der Waals surface area contributed by atoms with Crippen molar-refractivity contribution in [1.29, 1.82) is 0 Å². The molecule has 1 saturated heterocycles. The minimum Gasteiger partial charge on any atom is -0.369 e. The Bertz CT molecular complexity index is 1470. The number of nitrogens with one attached hydrogen (secondary N) is 1. The minimum absolute atomic E-state index is 0.0952. The quantitative estimate of drug-likeness (QED) is 0.439. The fourth-order valence-electron chi connectivity index (χ4n) is 5.32. The van der Waals surface area contributed by atoms with Crippen LogP contribution in [0.1, 0.15) is 61.8 Å². The molecular formula is C29H37N7O. The first-order valence-corrected chi connectivity index (χ1v) is 13.2. The van der Waals surface area contributed by atoms with E-state index in [4.69, 9.17) is 0 Å². The van der Waals surface area contributed by atoms with Crippen LogP contribution in [0.3, 0.4) is 0 Å². The van der Waals surface area contributed by atoms with Gasteiger partial charge >= 0.3 is 0 Å². The average Bonchev–Trinajstić information content (AvgIpc) is 3.36. The Morgan fingerprint density at radius 2 is 1.76 bits per heavy atom. The number of hydrogen-bond donors (Lipinski definition) is 1. The van der Waals surface area contributed by atoms with Gasteiger partial charge in [-0.05, 0) is 97.8 Å². The van der Waals surface area contributed by atoms with E-state index in [1.54, 1.807) is 0 Å². The molecule has 0 radical (unpaired) electrons. The second-order valence-electron chi connectivity index (χ2n) is 11.2. The number of aromatic nitrogens is 5.